The van der Waals surface area contributed by atoms with Gasteiger partial charge in [0.25, 0.3) is 0 Å². The first-order chi connectivity index (χ1) is 11.7. The molecule has 2 amide bonds. The summed E-state index contributed by atoms with van der Waals surface area (Å²) in [6.45, 7) is 5.97. The monoisotopic (exact) mass is 345 g/mol. The molecule has 138 valence electrons. The highest BCUT2D eigenvalue weighted by Crippen LogP contribution is 2.30. The number of carbonyl (C=O) groups excluding carboxylic acids is 2. The highest BCUT2D eigenvalue weighted by molar-refractivity contribution is 5.93. The summed E-state index contributed by atoms with van der Waals surface area (Å²) in [6, 6.07) is 7.83. The Kier molecular flexibility index (Phi) is 6.09. The van der Waals surface area contributed by atoms with Crippen LogP contribution in [0.3, 0.4) is 0 Å². The Bertz CT molecular complexity index is 594. The summed E-state index contributed by atoms with van der Waals surface area (Å²) in [5.41, 5.74) is 1.72. The van der Waals surface area contributed by atoms with Crippen LogP contribution >= 0.6 is 0 Å². The number of rotatable bonds is 4. The largest absolute Gasteiger partial charge is 0.378 e. The Hall–Kier alpha value is -2.04. The molecule has 0 saturated heterocycles. The summed E-state index contributed by atoms with van der Waals surface area (Å²) in [6.07, 6.45) is 3.09. The number of hydrogen-bond acceptors (Lipinski definition) is 3. The minimum absolute atomic E-state index is 0.00721. The van der Waals surface area contributed by atoms with Crippen LogP contribution < -0.4 is 15.5 Å². The molecule has 2 N–H and O–H groups in total. The molecular weight excluding hydrogens is 314 g/mol. The molecule has 0 radical (unpaired) electrons. The van der Waals surface area contributed by atoms with Gasteiger partial charge in [-0.3, -0.25) is 9.59 Å². The number of amides is 2. The van der Waals surface area contributed by atoms with Crippen LogP contribution in [0.15, 0.2) is 24.3 Å². The van der Waals surface area contributed by atoms with Crippen molar-refractivity contribution in [2.45, 2.75) is 52.0 Å². The van der Waals surface area contributed by atoms with Crippen molar-refractivity contribution in [3.05, 3.63) is 24.3 Å². The molecule has 5 heteroatoms. The lowest BCUT2D eigenvalue weighted by atomic mass is 9.81. The fourth-order valence-corrected chi connectivity index (χ4v) is 3.18. The van der Waals surface area contributed by atoms with Crippen LogP contribution in [0.2, 0.25) is 0 Å². The van der Waals surface area contributed by atoms with E-state index in [1.165, 1.54) is 0 Å². The quantitative estimate of drug-likeness (QED) is 0.879. The lowest BCUT2D eigenvalue weighted by molar-refractivity contribution is -0.129. The van der Waals surface area contributed by atoms with Crippen LogP contribution in [0.5, 0.6) is 0 Å². The van der Waals surface area contributed by atoms with Gasteiger partial charge < -0.3 is 15.5 Å². The fourth-order valence-electron chi connectivity index (χ4n) is 3.18. The van der Waals surface area contributed by atoms with Gasteiger partial charge in [0.05, 0.1) is 0 Å². The lowest BCUT2D eigenvalue weighted by Gasteiger charge is -2.30. The molecule has 1 aliphatic rings. The lowest BCUT2D eigenvalue weighted by Crippen LogP contribution is -2.45. The van der Waals surface area contributed by atoms with Gasteiger partial charge in [0, 0.05) is 42.8 Å². The van der Waals surface area contributed by atoms with Crippen molar-refractivity contribution in [1.29, 1.82) is 0 Å². The van der Waals surface area contributed by atoms with E-state index in [1.807, 2.05) is 64.0 Å². The third-order valence-corrected chi connectivity index (χ3v) is 4.62. The van der Waals surface area contributed by atoms with Gasteiger partial charge >= 0.3 is 0 Å². The highest BCUT2D eigenvalue weighted by atomic mass is 16.2. The fraction of sp³-hybridized carbons (Fsp3) is 0.600. The van der Waals surface area contributed by atoms with E-state index in [0.717, 1.165) is 37.1 Å². The van der Waals surface area contributed by atoms with Gasteiger partial charge in [0.2, 0.25) is 11.8 Å². The van der Waals surface area contributed by atoms with Crippen LogP contribution in [0.1, 0.15) is 46.5 Å². The Morgan fingerprint density at radius 2 is 1.40 bits per heavy atom. The molecule has 0 unspecified atom stereocenters. The second-order valence-corrected chi connectivity index (χ2v) is 8.22. The maximum atomic E-state index is 12.5. The van der Waals surface area contributed by atoms with Gasteiger partial charge in [-0.1, -0.05) is 0 Å². The summed E-state index contributed by atoms with van der Waals surface area (Å²) in [5.74, 6) is 0.202. The van der Waals surface area contributed by atoms with Crippen molar-refractivity contribution in [1.82, 2.24) is 5.32 Å². The van der Waals surface area contributed by atoms with Crippen molar-refractivity contribution in [2.24, 2.45) is 11.8 Å². The standard InChI is InChI=1S/C20H31N3O2/c1-20(2,3)22-19(25)15-8-6-14(7-9-15)18(24)21-16-10-12-17(13-11-16)23(4)5/h10-15H,6-9H2,1-5H3,(H,21,24)(H,22,25). The van der Waals surface area contributed by atoms with Gasteiger partial charge in [-0.05, 0) is 70.7 Å². The molecule has 2 rings (SSSR count). The van der Waals surface area contributed by atoms with E-state index in [-0.39, 0.29) is 29.2 Å². The number of nitrogens with one attached hydrogen (secondary N) is 2. The molecule has 0 atom stereocenters. The number of hydrogen-bond donors (Lipinski definition) is 2. The normalized spacial score (nSPS) is 20.7. The molecule has 0 aromatic heterocycles. The Labute approximate surface area is 151 Å². The second kappa shape index (κ2) is 7.89. The first-order valence-corrected chi connectivity index (χ1v) is 9.06. The molecule has 0 bridgehead atoms. The summed E-state index contributed by atoms with van der Waals surface area (Å²) in [5, 5.41) is 6.05. The zero-order valence-corrected chi connectivity index (χ0v) is 16.1. The zero-order valence-electron chi connectivity index (χ0n) is 16.1. The van der Waals surface area contributed by atoms with Gasteiger partial charge in [-0.15, -0.1) is 0 Å². The molecule has 1 saturated carbocycles. The molecule has 1 aromatic carbocycles. The molecule has 1 fully saturated rings. The number of nitrogens with zero attached hydrogens (tertiary/aromatic N) is 1. The second-order valence-electron chi connectivity index (χ2n) is 8.22. The molecule has 1 aliphatic carbocycles. The van der Waals surface area contributed by atoms with Gasteiger partial charge in [0.1, 0.15) is 0 Å². The smallest absolute Gasteiger partial charge is 0.227 e. The zero-order chi connectivity index (χ0) is 18.6. The topological polar surface area (TPSA) is 61.4 Å². The molecule has 5 nitrogen and oxygen atoms in total. The molecule has 1 aromatic rings. The SMILES string of the molecule is CN(C)c1ccc(NC(=O)C2CCC(C(=O)NC(C)(C)C)CC2)cc1. The summed E-state index contributed by atoms with van der Waals surface area (Å²) < 4.78 is 0. The van der Waals surface area contributed by atoms with Crippen molar-refractivity contribution >= 4 is 23.2 Å². The van der Waals surface area contributed by atoms with E-state index in [2.05, 4.69) is 10.6 Å². The van der Waals surface area contributed by atoms with Crippen molar-refractivity contribution in [2.75, 3.05) is 24.3 Å². The average Bonchev–Trinajstić information content (AvgIpc) is 2.54. The van der Waals surface area contributed by atoms with E-state index in [0.29, 0.717) is 0 Å². The summed E-state index contributed by atoms with van der Waals surface area (Å²) in [7, 11) is 3.98. The van der Waals surface area contributed by atoms with Crippen molar-refractivity contribution < 1.29 is 9.59 Å². The Morgan fingerprint density at radius 3 is 1.84 bits per heavy atom. The number of anilines is 2. The summed E-state index contributed by atoms with van der Waals surface area (Å²) >= 11 is 0. The molecule has 25 heavy (non-hydrogen) atoms. The molecule has 0 heterocycles. The van der Waals surface area contributed by atoms with Gasteiger partial charge in [0.15, 0.2) is 0 Å². The van der Waals surface area contributed by atoms with Gasteiger partial charge in [-0.2, -0.15) is 0 Å². The van der Waals surface area contributed by atoms with Crippen LogP contribution in [0.4, 0.5) is 11.4 Å². The number of carbonyl (C=O) groups is 2. The maximum Gasteiger partial charge on any atom is 0.227 e. The average molecular weight is 345 g/mol. The first-order valence-electron chi connectivity index (χ1n) is 9.06. The summed E-state index contributed by atoms with van der Waals surface area (Å²) in [4.78, 5) is 26.7. The van der Waals surface area contributed by atoms with E-state index < -0.39 is 0 Å². The Balaban J connectivity index is 1.84. The van der Waals surface area contributed by atoms with Crippen LogP contribution in [0, 0.1) is 11.8 Å². The van der Waals surface area contributed by atoms with Crippen molar-refractivity contribution in [3.63, 3.8) is 0 Å². The minimum atomic E-state index is -0.204. The predicted octanol–water partition coefficient (Wildman–Crippen LogP) is 3.41. The van der Waals surface area contributed by atoms with E-state index >= 15 is 0 Å². The molecule has 0 spiro atoms. The van der Waals surface area contributed by atoms with Crippen LogP contribution in [0.25, 0.3) is 0 Å². The number of benzene rings is 1. The first kappa shape index (κ1) is 19.3. The minimum Gasteiger partial charge on any atom is -0.378 e. The maximum absolute atomic E-state index is 12.5. The van der Waals surface area contributed by atoms with Crippen LogP contribution in [-0.4, -0.2) is 31.4 Å². The molecule has 0 aliphatic heterocycles. The van der Waals surface area contributed by atoms with Crippen LogP contribution in [-0.2, 0) is 9.59 Å². The third kappa shape index (κ3) is 5.76. The van der Waals surface area contributed by atoms with Gasteiger partial charge in [-0.25, -0.2) is 0 Å². The third-order valence-electron chi connectivity index (χ3n) is 4.62. The highest BCUT2D eigenvalue weighted by Gasteiger charge is 2.31. The Morgan fingerprint density at radius 1 is 0.920 bits per heavy atom. The predicted molar refractivity (Wildman–Crippen MR) is 103 cm³/mol. The molecular formula is C20H31N3O2. The van der Waals surface area contributed by atoms with E-state index in [4.69, 9.17) is 0 Å². The van der Waals surface area contributed by atoms with E-state index in [1.54, 1.807) is 0 Å². The van der Waals surface area contributed by atoms with E-state index in [9.17, 15) is 9.59 Å². The van der Waals surface area contributed by atoms with Crippen molar-refractivity contribution in [3.8, 4) is 0 Å².